The van der Waals surface area contributed by atoms with Gasteiger partial charge in [-0.2, -0.15) is 0 Å². The van der Waals surface area contributed by atoms with Crippen molar-refractivity contribution in [1.82, 2.24) is 5.32 Å². The number of hydrogen-bond donors (Lipinski definition) is 2. The van der Waals surface area contributed by atoms with Gasteiger partial charge in [-0.1, -0.05) is 12.1 Å². The van der Waals surface area contributed by atoms with E-state index in [0.29, 0.717) is 12.1 Å². The number of aliphatic hydroxyl groups is 1. The molecule has 1 saturated carbocycles. The molecule has 0 bridgehead atoms. The van der Waals surface area contributed by atoms with Gasteiger partial charge in [0.15, 0.2) is 0 Å². The summed E-state index contributed by atoms with van der Waals surface area (Å²) in [6.45, 7) is 3.77. The highest BCUT2D eigenvalue weighted by Gasteiger charge is 2.41. The molecule has 1 atom stereocenters. The number of hydrogen-bond acceptors (Lipinski definition) is 2. The van der Waals surface area contributed by atoms with Gasteiger partial charge in [-0.25, -0.2) is 4.39 Å². The largest absolute Gasteiger partial charge is 0.389 e. The molecule has 1 aliphatic carbocycles. The first-order valence-electron chi connectivity index (χ1n) is 6.62. The van der Waals surface area contributed by atoms with Crippen LogP contribution in [-0.4, -0.2) is 16.6 Å². The Hall–Kier alpha value is -1.42. The Labute approximate surface area is 112 Å². The van der Waals surface area contributed by atoms with Crippen LogP contribution in [0.2, 0.25) is 0 Å². The Morgan fingerprint density at radius 3 is 2.79 bits per heavy atom. The lowest BCUT2D eigenvalue weighted by Crippen LogP contribution is -2.35. The van der Waals surface area contributed by atoms with Gasteiger partial charge in [-0.15, -0.1) is 0 Å². The number of carbonyl (C=O) groups is 1. The van der Waals surface area contributed by atoms with Crippen molar-refractivity contribution in [3.05, 3.63) is 35.1 Å². The summed E-state index contributed by atoms with van der Waals surface area (Å²) in [5, 5.41) is 12.9. The number of benzene rings is 1. The molecule has 2 N–H and O–H groups in total. The summed E-state index contributed by atoms with van der Waals surface area (Å²) in [4.78, 5) is 11.8. The summed E-state index contributed by atoms with van der Waals surface area (Å²) in [7, 11) is 0. The van der Waals surface area contributed by atoms with E-state index < -0.39 is 5.60 Å². The average Bonchev–Trinajstić information content (AvgIpc) is 3.14. The molecule has 1 aromatic carbocycles. The van der Waals surface area contributed by atoms with E-state index in [4.69, 9.17) is 0 Å². The van der Waals surface area contributed by atoms with Crippen LogP contribution in [0.15, 0.2) is 18.2 Å². The van der Waals surface area contributed by atoms with E-state index >= 15 is 0 Å². The average molecular weight is 265 g/mol. The molecule has 0 radical (unpaired) electrons. The quantitative estimate of drug-likeness (QED) is 0.858. The zero-order chi connectivity index (χ0) is 14.0. The molecule has 104 valence electrons. The molecule has 1 aromatic rings. The van der Waals surface area contributed by atoms with E-state index in [-0.39, 0.29) is 24.1 Å². The molecule has 1 amide bonds. The van der Waals surface area contributed by atoms with Gasteiger partial charge >= 0.3 is 0 Å². The summed E-state index contributed by atoms with van der Waals surface area (Å²) in [5.74, 6) is -0.156. The standard InChI is InChI=1S/C15H20FNO2/c1-10-7-11(3-6-13(10)16)9-17-14(18)8-15(2,19)12-4-5-12/h3,6-7,12,19H,4-5,8-9H2,1-2H3,(H,17,18)/t15-/m1/s1. The summed E-state index contributed by atoms with van der Waals surface area (Å²) in [5.41, 5.74) is 0.526. The molecule has 19 heavy (non-hydrogen) atoms. The molecule has 0 heterocycles. The Morgan fingerprint density at radius 1 is 1.53 bits per heavy atom. The van der Waals surface area contributed by atoms with Gasteiger partial charge in [0.2, 0.25) is 5.91 Å². The molecule has 4 heteroatoms. The summed E-state index contributed by atoms with van der Waals surface area (Å²) in [6.07, 6.45) is 2.12. The second-order valence-electron chi connectivity index (χ2n) is 5.67. The van der Waals surface area contributed by atoms with Crippen molar-refractivity contribution in [1.29, 1.82) is 0 Å². The van der Waals surface area contributed by atoms with Crippen LogP contribution in [0.4, 0.5) is 4.39 Å². The summed E-state index contributed by atoms with van der Waals surface area (Å²) >= 11 is 0. The number of halogens is 1. The summed E-state index contributed by atoms with van der Waals surface area (Å²) in [6, 6.07) is 4.77. The van der Waals surface area contributed by atoms with E-state index in [1.807, 2.05) is 0 Å². The second kappa shape index (κ2) is 5.29. The number of amides is 1. The Balaban J connectivity index is 1.84. The highest BCUT2D eigenvalue weighted by Crippen LogP contribution is 2.41. The number of carbonyl (C=O) groups excluding carboxylic acids is 1. The van der Waals surface area contributed by atoms with Gasteiger partial charge in [0.25, 0.3) is 0 Å². The van der Waals surface area contributed by atoms with Crippen LogP contribution in [-0.2, 0) is 11.3 Å². The van der Waals surface area contributed by atoms with Crippen LogP contribution in [0.25, 0.3) is 0 Å². The van der Waals surface area contributed by atoms with Crippen molar-refractivity contribution in [3.63, 3.8) is 0 Å². The fourth-order valence-electron chi connectivity index (χ4n) is 2.25. The van der Waals surface area contributed by atoms with E-state index in [1.165, 1.54) is 6.07 Å². The highest BCUT2D eigenvalue weighted by molar-refractivity contribution is 5.77. The Bertz CT molecular complexity index is 481. The zero-order valence-electron chi connectivity index (χ0n) is 11.4. The minimum Gasteiger partial charge on any atom is -0.389 e. The maximum atomic E-state index is 13.1. The number of nitrogens with one attached hydrogen (secondary N) is 1. The monoisotopic (exact) mass is 265 g/mol. The van der Waals surface area contributed by atoms with E-state index in [9.17, 15) is 14.3 Å². The van der Waals surface area contributed by atoms with Crippen molar-refractivity contribution in [2.45, 2.75) is 45.3 Å². The first-order valence-corrected chi connectivity index (χ1v) is 6.62. The van der Waals surface area contributed by atoms with Gasteiger partial charge in [0, 0.05) is 6.54 Å². The zero-order valence-corrected chi connectivity index (χ0v) is 11.4. The van der Waals surface area contributed by atoms with Crippen LogP contribution in [0.3, 0.4) is 0 Å². The normalized spacial score (nSPS) is 17.9. The molecule has 0 aliphatic heterocycles. The fourth-order valence-corrected chi connectivity index (χ4v) is 2.25. The number of aryl methyl sites for hydroxylation is 1. The van der Waals surface area contributed by atoms with Gasteiger partial charge in [0.1, 0.15) is 5.82 Å². The lowest BCUT2D eigenvalue weighted by atomic mass is 9.96. The third-order valence-corrected chi connectivity index (χ3v) is 3.69. The molecule has 0 aromatic heterocycles. The minimum absolute atomic E-state index is 0.123. The van der Waals surface area contributed by atoms with Crippen molar-refractivity contribution in [3.8, 4) is 0 Å². The third kappa shape index (κ3) is 3.77. The molecule has 2 rings (SSSR count). The van der Waals surface area contributed by atoms with Crippen LogP contribution in [0.1, 0.15) is 37.3 Å². The number of rotatable bonds is 5. The summed E-state index contributed by atoms with van der Waals surface area (Å²) < 4.78 is 13.1. The lowest BCUT2D eigenvalue weighted by Gasteiger charge is -2.22. The topological polar surface area (TPSA) is 49.3 Å². The highest BCUT2D eigenvalue weighted by atomic mass is 19.1. The van der Waals surface area contributed by atoms with Gasteiger partial charge in [0.05, 0.1) is 12.0 Å². The van der Waals surface area contributed by atoms with Crippen molar-refractivity contribution in [2.75, 3.05) is 0 Å². The van der Waals surface area contributed by atoms with Crippen LogP contribution in [0.5, 0.6) is 0 Å². The molecule has 0 spiro atoms. The van der Waals surface area contributed by atoms with Crippen molar-refractivity contribution in [2.24, 2.45) is 5.92 Å². The Kier molecular flexibility index (Phi) is 3.90. The van der Waals surface area contributed by atoms with E-state index in [1.54, 1.807) is 26.0 Å². The second-order valence-corrected chi connectivity index (χ2v) is 5.67. The van der Waals surface area contributed by atoms with Gasteiger partial charge in [-0.3, -0.25) is 4.79 Å². The molecular weight excluding hydrogens is 245 g/mol. The molecule has 1 fully saturated rings. The van der Waals surface area contributed by atoms with E-state index in [0.717, 1.165) is 18.4 Å². The maximum absolute atomic E-state index is 13.1. The van der Waals surface area contributed by atoms with Crippen LogP contribution >= 0.6 is 0 Å². The van der Waals surface area contributed by atoms with Gasteiger partial charge < -0.3 is 10.4 Å². The van der Waals surface area contributed by atoms with Crippen molar-refractivity contribution >= 4 is 5.91 Å². The third-order valence-electron chi connectivity index (χ3n) is 3.69. The maximum Gasteiger partial charge on any atom is 0.223 e. The fraction of sp³-hybridized carbons (Fsp3) is 0.533. The minimum atomic E-state index is -0.900. The SMILES string of the molecule is Cc1cc(CNC(=O)C[C@@](C)(O)C2CC2)ccc1F. The Morgan fingerprint density at radius 2 is 2.21 bits per heavy atom. The van der Waals surface area contributed by atoms with E-state index in [2.05, 4.69) is 5.32 Å². The molecular formula is C15H20FNO2. The first-order chi connectivity index (χ1) is 8.88. The molecule has 0 saturated heterocycles. The van der Waals surface area contributed by atoms with Crippen LogP contribution < -0.4 is 5.32 Å². The predicted molar refractivity (Wildman–Crippen MR) is 70.9 cm³/mol. The molecule has 0 unspecified atom stereocenters. The van der Waals surface area contributed by atoms with Crippen LogP contribution in [0, 0.1) is 18.7 Å². The molecule has 1 aliphatic rings. The smallest absolute Gasteiger partial charge is 0.223 e. The van der Waals surface area contributed by atoms with Crippen molar-refractivity contribution < 1.29 is 14.3 Å². The van der Waals surface area contributed by atoms with Gasteiger partial charge in [-0.05, 0) is 49.8 Å². The molecule has 3 nitrogen and oxygen atoms in total. The first kappa shape index (κ1) is 14.0. The lowest BCUT2D eigenvalue weighted by molar-refractivity contribution is -0.126. The predicted octanol–water partition coefficient (Wildman–Crippen LogP) is 2.30.